The molecule has 2 heterocycles. The van der Waals surface area contributed by atoms with Gasteiger partial charge in [0.25, 0.3) is 0 Å². The molecule has 2 rings (SSSR count). The second-order valence-electron chi connectivity index (χ2n) is 5.39. The quantitative estimate of drug-likeness (QED) is 0.899. The maximum atomic E-state index is 5.77. The number of aryl methyl sites for hydroxylation is 3. The second-order valence-corrected chi connectivity index (χ2v) is 5.39. The Morgan fingerprint density at radius 1 is 1.15 bits per heavy atom. The highest BCUT2D eigenvalue weighted by atomic mass is 16.3. The second kappa shape index (κ2) is 6.23. The molecular formula is C17H24N2O. The van der Waals surface area contributed by atoms with Crippen LogP contribution in [0, 0.1) is 27.7 Å². The summed E-state index contributed by atoms with van der Waals surface area (Å²) in [6, 6.07) is 4.48. The van der Waals surface area contributed by atoms with Crippen LogP contribution in [0.3, 0.4) is 0 Å². The van der Waals surface area contributed by atoms with Gasteiger partial charge in [-0.1, -0.05) is 13.0 Å². The van der Waals surface area contributed by atoms with Gasteiger partial charge in [0.1, 0.15) is 11.5 Å². The van der Waals surface area contributed by atoms with Gasteiger partial charge in [0.2, 0.25) is 0 Å². The van der Waals surface area contributed by atoms with Crippen molar-refractivity contribution in [3.63, 3.8) is 0 Å². The van der Waals surface area contributed by atoms with Crippen molar-refractivity contribution >= 4 is 0 Å². The van der Waals surface area contributed by atoms with Crippen LogP contribution < -0.4 is 5.32 Å². The Bertz CT molecular complexity index is 569. The van der Waals surface area contributed by atoms with E-state index >= 15 is 0 Å². The van der Waals surface area contributed by atoms with Crippen LogP contribution in [0.1, 0.15) is 46.9 Å². The summed E-state index contributed by atoms with van der Waals surface area (Å²) in [5.74, 6) is 2.02. The van der Waals surface area contributed by atoms with Crippen LogP contribution in [0.4, 0.5) is 0 Å². The fourth-order valence-corrected chi connectivity index (χ4v) is 2.67. The highest BCUT2D eigenvalue weighted by molar-refractivity contribution is 5.35. The van der Waals surface area contributed by atoms with Crippen LogP contribution in [0.2, 0.25) is 0 Å². The van der Waals surface area contributed by atoms with E-state index in [2.05, 4.69) is 43.2 Å². The molecule has 0 saturated carbocycles. The monoisotopic (exact) mass is 272 g/mol. The molecule has 1 unspecified atom stereocenters. The molecule has 0 bridgehead atoms. The Morgan fingerprint density at radius 3 is 2.40 bits per heavy atom. The van der Waals surface area contributed by atoms with Crippen molar-refractivity contribution in [3.05, 3.63) is 52.2 Å². The summed E-state index contributed by atoms with van der Waals surface area (Å²) in [5, 5.41) is 3.56. The molecule has 0 aliphatic carbocycles. The average Bonchev–Trinajstić information content (AvgIpc) is 2.66. The Morgan fingerprint density at radius 2 is 1.90 bits per heavy atom. The molecule has 20 heavy (non-hydrogen) atoms. The smallest absolute Gasteiger partial charge is 0.106 e. The van der Waals surface area contributed by atoms with Crippen LogP contribution >= 0.6 is 0 Å². The minimum Gasteiger partial charge on any atom is -0.466 e. The standard InChI is InChI=1S/C17H24N2O/c1-6-18-16(9-15-8-7-11(2)10-19-15)17-12(3)13(4)20-14(17)5/h7-8,10,16,18H,6,9H2,1-5H3. The summed E-state index contributed by atoms with van der Waals surface area (Å²) in [6.07, 6.45) is 2.81. The van der Waals surface area contributed by atoms with Crippen LogP contribution in [0.25, 0.3) is 0 Å². The molecule has 3 nitrogen and oxygen atoms in total. The Kier molecular flexibility index (Phi) is 4.61. The molecule has 0 spiro atoms. The Hall–Kier alpha value is -1.61. The molecule has 0 aliphatic heterocycles. The van der Waals surface area contributed by atoms with Crippen molar-refractivity contribution in [3.8, 4) is 0 Å². The number of likely N-dealkylation sites (N-methyl/N-ethyl adjacent to an activating group) is 1. The third-order valence-electron chi connectivity index (χ3n) is 3.80. The third-order valence-corrected chi connectivity index (χ3v) is 3.80. The number of hydrogen-bond acceptors (Lipinski definition) is 3. The van der Waals surface area contributed by atoms with Gasteiger partial charge in [-0.05, 0) is 51.4 Å². The first-order valence-electron chi connectivity index (χ1n) is 7.24. The van der Waals surface area contributed by atoms with Gasteiger partial charge in [-0.2, -0.15) is 0 Å². The first kappa shape index (κ1) is 14.8. The van der Waals surface area contributed by atoms with E-state index in [9.17, 15) is 0 Å². The predicted octanol–water partition coefficient (Wildman–Crippen LogP) is 3.80. The van der Waals surface area contributed by atoms with Gasteiger partial charge in [0.05, 0.1) is 0 Å². The van der Waals surface area contributed by atoms with Gasteiger partial charge in [0, 0.05) is 29.9 Å². The highest BCUT2D eigenvalue weighted by Crippen LogP contribution is 2.29. The van der Waals surface area contributed by atoms with E-state index in [4.69, 9.17) is 4.42 Å². The summed E-state index contributed by atoms with van der Waals surface area (Å²) in [6.45, 7) is 11.3. The van der Waals surface area contributed by atoms with Crippen LogP contribution in [-0.4, -0.2) is 11.5 Å². The van der Waals surface area contributed by atoms with Gasteiger partial charge in [-0.3, -0.25) is 4.98 Å². The number of pyridine rings is 1. The molecular weight excluding hydrogens is 248 g/mol. The van der Waals surface area contributed by atoms with E-state index in [1.807, 2.05) is 20.0 Å². The van der Waals surface area contributed by atoms with Crippen molar-refractivity contribution in [2.45, 2.75) is 47.1 Å². The summed E-state index contributed by atoms with van der Waals surface area (Å²) < 4.78 is 5.77. The minimum atomic E-state index is 0.257. The molecule has 0 amide bonds. The zero-order chi connectivity index (χ0) is 14.7. The zero-order valence-corrected chi connectivity index (χ0v) is 13.1. The molecule has 0 aliphatic rings. The SMILES string of the molecule is CCNC(Cc1ccc(C)cn1)c1c(C)oc(C)c1C. The molecule has 0 aromatic carbocycles. The predicted molar refractivity (Wildman–Crippen MR) is 82.0 cm³/mol. The maximum absolute atomic E-state index is 5.77. The van der Waals surface area contributed by atoms with Crippen LogP contribution in [0.5, 0.6) is 0 Å². The van der Waals surface area contributed by atoms with Gasteiger partial charge in [-0.15, -0.1) is 0 Å². The molecule has 1 atom stereocenters. The van der Waals surface area contributed by atoms with Gasteiger partial charge in [-0.25, -0.2) is 0 Å². The molecule has 108 valence electrons. The first-order valence-corrected chi connectivity index (χ1v) is 7.24. The number of rotatable bonds is 5. The lowest BCUT2D eigenvalue weighted by molar-refractivity contribution is 0.483. The summed E-state index contributed by atoms with van der Waals surface area (Å²) in [7, 11) is 0. The molecule has 2 aromatic heterocycles. The van der Waals surface area contributed by atoms with Crippen LogP contribution in [-0.2, 0) is 6.42 Å². The summed E-state index contributed by atoms with van der Waals surface area (Å²) in [4.78, 5) is 4.52. The zero-order valence-electron chi connectivity index (χ0n) is 13.1. The molecule has 2 aromatic rings. The lowest BCUT2D eigenvalue weighted by Gasteiger charge is -2.18. The van der Waals surface area contributed by atoms with Crippen molar-refractivity contribution in [2.24, 2.45) is 0 Å². The minimum absolute atomic E-state index is 0.257. The third kappa shape index (κ3) is 3.10. The number of nitrogens with zero attached hydrogens (tertiary/aromatic N) is 1. The molecule has 0 saturated heterocycles. The Labute approximate surface area is 121 Å². The number of aromatic nitrogens is 1. The number of hydrogen-bond donors (Lipinski definition) is 1. The number of furan rings is 1. The van der Waals surface area contributed by atoms with E-state index in [1.165, 1.54) is 16.7 Å². The van der Waals surface area contributed by atoms with Gasteiger partial charge in [0.15, 0.2) is 0 Å². The fraction of sp³-hybridized carbons (Fsp3) is 0.471. The van der Waals surface area contributed by atoms with E-state index < -0.39 is 0 Å². The Balaban J connectivity index is 2.29. The van der Waals surface area contributed by atoms with Crippen molar-refractivity contribution in [1.82, 2.24) is 10.3 Å². The molecule has 1 N–H and O–H groups in total. The first-order chi connectivity index (χ1) is 9.52. The maximum Gasteiger partial charge on any atom is 0.106 e. The van der Waals surface area contributed by atoms with Gasteiger partial charge < -0.3 is 9.73 Å². The van der Waals surface area contributed by atoms with E-state index in [-0.39, 0.29) is 6.04 Å². The summed E-state index contributed by atoms with van der Waals surface area (Å²) >= 11 is 0. The van der Waals surface area contributed by atoms with Crippen molar-refractivity contribution in [1.29, 1.82) is 0 Å². The summed E-state index contributed by atoms with van der Waals surface area (Å²) in [5.41, 5.74) is 4.84. The van der Waals surface area contributed by atoms with Gasteiger partial charge >= 0.3 is 0 Å². The number of nitrogens with one attached hydrogen (secondary N) is 1. The molecule has 0 radical (unpaired) electrons. The van der Waals surface area contributed by atoms with E-state index in [0.29, 0.717) is 0 Å². The fourth-order valence-electron chi connectivity index (χ4n) is 2.67. The molecule has 3 heteroatoms. The topological polar surface area (TPSA) is 38.1 Å². The largest absolute Gasteiger partial charge is 0.466 e. The highest BCUT2D eigenvalue weighted by Gasteiger charge is 2.21. The van der Waals surface area contributed by atoms with Crippen LogP contribution in [0.15, 0.2) is 22.7 Å². The normalized spacial score (nSPS) is 12.7. The average molecular weight is 272 g/mol. The lowest BCUT2D eigenvalue weighted by atomic mass is 9.97. The van der Waals surface area contributed by atoms with Crippen molar-refractivity contribution in [2.75, 3.05) is 6.54 Å². The van der Waals surface area contributed by atoms with E-state index in [1.54, 1.807) is 0 Å². The molecule has 0 fully saturated rings. The van der Waals surface area contributed by atoms with E-state index in [0.717, 1.165) is 30.2 Å². The van der Waals surface area contributed by atoms with Crippen molar-refractivity contribution < 1.29 is 4.42 Å². The lowest BCUT2D eigenvalue weighted by Crippen LogP contribution is -2.24.